The third-order valence-electron chi connectivity index (χ3n) is 3.75. The number of hydrogen-bond donors (Lipinski definition) is 0. The summed E-state index contributed by atoms with van der Waals surface area (Å²) in [6, 6.07) is 27.8. The van der Waals surface area contributed by atoms with Gasteiger partial charge in [-0.05, 0) is 23.3 Å². The Hall–Kier alpha value is -1.90. The van der Waals surface area contributed by atoms with E-state index in [2.05, 4.69) is 94.8 Å². The standard InChI is InChI=1S/C20H13BrS/c21-16-11-12-17-18(13-16)22-20(15-9-5-2-6-10-15)19(17)14-7-3-1-4-8-14/h1-13H. The molecule has 0 bridgehead atoms. The molecule has 2 heteroatoms. The van der Waals surface area contributed by atoms with Gasteiger partial charge < -0.3 is 0 Å². The molecule has 106 valence electrons. The molecule has 0 spiro atoms. The quantitative estimate of drug-likeness (QED) is 0.359. The molecule has 0 radical (unpaired) electrons. The number of hydrogen-bond acceptors (Lipinski definition) is 1. The lowest BCUT2D eigenvalue weighted by atomic mass is 9.99. The summed E-state index contributed by atoms with van der Waals surface area (Å²) in [5, 5.41) is 1.32. The average molecular weight is 365 g/mol. The fraction of sp³-hybridized carbons (Fsp3) is 0. The fourth-order valence-corrected chi connectivity index (χ4v) is 4.54. The van der Waals surface area contributed by atoms with Crippen LogP contribution in [0, 0.1) is 0 Å². The Morgan fingerprint density at radius 1 is 0.682 bits per heavy atom. The van der Waals surface area contributed by atoms with Crippen molar-refractivity contribution >= 4 is 37.4 Å². The van der Waals surface area contributed by atoms with Crippen LogP contribution in [-0.2, 0) is 0 Å². The van der Waals surface area contributed by atoms with Crippen LogP contribution < -0.4 is 0 Å². The maximum atomic E-state index is 3.59. The van der Waals surface area contributed by atoms with Gasteiger partial charge in [-0.25, -0.2) is 0 Å². The molecule has 0 nitrogen and oxygen atoms in total. The molecule has 0 saturated carbocycles. The van der Waals surface area contributed by atoms with Crippen LogP contribution in [0.25, 0.3) is 31.7 Å². The summed E-state index contributed by atoms with van der Waals surface area (Å²) in [5.74, 6) is 0. The molecule has 4 rings (SSSR count). The minimum absolute atomic E-state index is 1.13. The molecule has 3 aromatic carbocycles. The molecule has 4 aromatic rings. The Labute approximate surface area is 142 Å². The first kappa shape index (κ1) is 13.7. The van der Waals surface area contributed by atoms with Crippen molar-refractivity contribution in [3.05, 3.63) is 83.3 Å². The molecule has 1 aromatic heterocycles. The van der Waals surface area contributed by atoms with Gasteiger partial charge >= 0.3 is 0 Å². The van der Waals surface area contributed by atoms with Crippen molar-refractivity contribution in [1.29, 1.82) is 0 Å². The highest BCUT2D eigenvalue weighted by Crippen LogP contribution is 2.45. The molecule has 0 aliphatic heterocycles. The highest BCUT2D eigenvalue weighted by Gasteiger charge is 2.15. The van der Waals surface area contributed by atoms with Crippen LogP contribution >= 0.6 is 27.3 Å². The molecule has 0 saturated heterocycles. The first-order chi connectivity index (χ1) is 10.8. The molecule has 0 atom stereocenters. The summed E-state index contributed by atoms with van der Waals surface area (Å²) in [4.78, 5) is 1.33. The van der Waals surface area contributed by atoms with Gasteiger partial charge in [0.2, 0.25) is 0 Å². The van der Waals surface area contributed by atoms with Crippen molar-refractivity contribution < 1.29 is 0 Å². The molecule has 0 N–H and O–H groups in total. The minimum Gasteiger partial charge on any atom is -0.134 e. The zero-order valence-corrected chi connectivity index (χ0v) is 14.2. The van der Waals surface area contributed by atoms with Gasteiger partial charge in [0.05, 0.1) is 0 Å². The van der Waals surface area contributed by atoms with E-state index in [1.165, 1.54) is 31.7 Å². The molecule has 22 heavy (non-hydrogen) atoms. The fourth-order valence-electron chi connectivity index (χ4n) is 2.75. The molecule has 0 aliphatic carbocycles. The monoisotopic (exact) mass is 364 g/mol. The van der Waals surface area contributed by atoms with Crippen molar-refractivity contribution in [1.82, 2.24) is 0 Å². The molecule has 0 aliphatic rings. The summed E-state index contributed by atoms with van der Waals surface area (Å²) in [5.41, 5.74) is 3.88. The molecule has 0 unspecified atom stereocenters. The predicted molar refractivity (Wildman–Crippen MR) is 100 cm³/mol. The van der Waals surface area contributed by atoms with Crippen LogP contribution in [0.1, 0.15) is 0 Å². The first-order valence-electron chi connectivity index (χ1n) is 7.16. The van der Waals surface area contributed by atoms with Crippen LogP contribution in [0.2, 0.25) is 0 Å². The minimum atomic E-state index is 1.13. The number of benzene rings is 3. The largest absolute Gasteiger partial charge is 0.134 e. The van der Waals surface area contributed by atoms with E-state index in [0.29, 0.717) is 0 Å². The van der Waals surface area contributed by atoms with Crippen molar-refractivity contribution in [2.45, 2.75) is 0 Å². The van der Waals surface area contributed by atoms with Gasteiger partial charge in [-0.2, -0.15) is 0 Å². The van der Waals surface area contributed by atoms with E-state index in [1.807, 2.05) is 11.3 Å². The van der Waals surface area contributed by atoms with E-state index >= 15 is 0 Å². The highest BCUT2D eigenvalue weighted by molar-refractivity contribution is 9.10. The Morgan fingerprint density at radius 2 is 1.32 bits per heavy atom. The van der Waals surface area contributed by atoms with E-state index in [-0.39, 0.29) is 0 Å². The summed E-state index contributed by atoms with van der Waals surface area (Å²) in [6.07, 6.45) is 0. The predicted octanol–water partition coefficient (Wildman–Crippen LogP) is 7.00. The topological polar surface area (TPSA) is 0 Å². The van der Waals surface area contributed by atoms with Gasteiger partial charge in [-0.1, -0.05) is 82.7 Å². The number of halogens is 1. The lowest BCUT2D eigenvalue weighted by molar-refractivity contribution is 1.66. The van der Waals surface area contributed by atoms with E-state index in [4.69, 9.17) is 0 Å². The second-order valence-electron chi connectivity index (χ2n) is 5.18. The Kier molecular flexibility index (Phi) is 3.57. The van der Waals surface area contributed by atoms with Crippen molar-refractivity contribution in [2.24, 2.45) is 0 Å². The maximum Gasteiger partial charge on any atom is 0.0433 e. The third kappa shape index (κ3) is 2.39. The Balaban J connectivity index is 2.07. The first-order valence-corrected chi connectivity index (χ1v) is 8.77. The van der Waals surface area contributed by atoms with Crippen LogP contribution in [0.4, 0.5) is 0 Å². The Morgan fingerprint density at radius 3 is 2.00 bits per heavy atom. The number of rotatable bonds is 2. The lowest BCUT2D eigenvalue weighted by Gasteiger charge is -2.05. The van der Waals surface area contributed by atoms with Crippen LogP contribution in [0.5, 0.6) is 0 Å². The SMILES string of the molecule is Brc1ccc2c(-c3ccccc3)c(-c3ccccc3)sc2c1. The van der Waals surface area contributed by atoms with Crippen molar-refractivity contribution in [3.63, 3.8) is 0 Å². The summed E-state index contributed by atoms with van der Waals surface area (Å²) < 4.78 is 2.44. The second kappa shape index (κ2) is 5.71. The molecule has 0 fully saturated rings. The number of fused-ring (bicyclic) bond motifs is 1. The van der Waals surface area contributed by atoms with Crippen LogP contribution in [0.3, 0.4) is 0 Å². The van der Waals surface area contributed by atoms with Gasteiger partial charge in [-0.15, -0.1) is 11.3 Å². The van der Waals surface area contributed by atoms with Crippen molar-refractivity contribution in [3.8, 4) is 21.6 Å². The second-order valence-corrected chi connectivity index (χ2v) is 7.15. The zero-order valence-electron chi connectivity index (χ0n) is 11.8. The van der Waals surface area contributed by atoms with Gasteiger partial charge in [0, 0.05) is 25.0 Å². The van der Waals surface area contributed by atoms with E-state index < -0.39 is 0 Å². The lowest BCUT2D eigenvalue weighted by Crippen LogP contribution is -1.79. The van der Waals surface area contributed by atoms with Gasteiger partial charge in [-0.3, -0.25) is 0 Å². The average Bonchev–Trinajstić information content (AvgIpc) is 2.95. The van der Waals surface area contributed by atoms with Crippen LogP contribution in [-0.4, -0.2) is 0 Å². The van der Waals surface area contributed by atoms with Crippen molar-refractivity contribution in [2.75, 3.05) is 0 Å². The van der Waals surface area contributed by atoms with E-state index in [1.54, 1.807) is 0 Å². The Bertz CT molecular complexity index is 924. The molecule has 0 amide bonds. The third-order valence-corrected chi connectivity index (χ3v) is 5.45. The molecular weight excluding hydrogens is 352 g/mol. The summed E-state index contributed by atoms with van der Waals surface area (Å²) in [6.45, 7) is 0. The zero-order chi connectivity index (χ0) is 14.9. The van der Waals surface area contributed by atoms with Gasteiger partial charge in [0.1, 0.15) is 0 Å². The smallest absolute Gasteiger partial charge is 0.0433 e. The summed E-state index contributed by atoms with van der Waals surface area (Å²) in [7, 11) is 0. The highest BCUT2D eigenvalue weighted by atomic mass is 79.9. The summed E-state index contributed by atoms with van der Waals surface area (Å²) >= 11 is 5.44. The normalized spacial score (nSPS) is 11.0. The molecular formula is C20H13BrS. The van der Waals surface area contributed by atoms with E-state index in [0.717, 1.165) is 4.47 Å². The molecule has 1 heterocycles. The van der Waals surface area contributed by atoms with Gasteiger partial charge in [0.15, 0.2) is 0 Å². The number of thiophene rings is 1. The maximum absolute atomic E-state index is 3.59. The van der Waals surface area contributed by atoms with E-state index in [9.17, 15) is 0 Å². The van der Waals surface area contributed by atoms with Gasteiger partial charge in [0.25, 0.3) is 0 Å². The van der Waals surface area contributed by atoms with Crippen LogP contribution in [0.15, 0.2) is 83.3 Å².